The zero-order valence-corrected chi connectivity index (χ0v) is 10.3. The lowest BCUT2D eigenvalue weighted by atomic mass is 10.2. The van der Waals surface area contributed by atoms with Gasteiger partial charge in [-0.25, -0.2) is 4.79 Å². The minimum absolute atomic E-state index is 0.316. The second kappa shape index (κ2) is 7.45. The Labute approximate surface area is 104 Å². The normalized spacial score (nSPS) is 18.2. The third kappa shape index (κ3) is 7.37. The lowest BCUT2D eigenvalue weighted by Crippen LogP contribution is -2.36. The van der Waals surface area contributed by atoms with E-state index in [1.54, 1.807) is 0 Å². The first kappa shape index (κ1) is 15.1. The minimum atomic E-state index is -4.47. The van der Waals surface area contributed by atoms with Crippen molar-refractivity contribution in [3.63, 3.8) is 0 Å². The van der Waals surface area contributed by atoms with Crippen LogP contribution < -0.4 is 5.32 Å². The number of rotatable bonds is 4. The van der Waals surface area contributed by atoms with E-state index in [1.165, 1.54) is 12.8 Å². The molecule has 7 heteroatoms. The van der Waals surface area contributed by atoms with Crippen LogP contribution in [0.2, 0.25) is 0 Å². The molecule has 0 unspecified atom stereocenters. The molecule has 1 aliphatic rings. The van der Waals surface area contributed by atoms with Crippen molar-refractivity contribution < 1.29 is 22.7 Å². The number of likely N-dealkylation sites (tertiary alicyclic amines) is 1. The van der Waals surface area contributed by atoms with Crippen LogP contribution in [0.4, 0.5) is 18.0 Å². The summed E-state index contributed by atoms with van der Waals surface area (Å²) in [6, 6.07) is 0. The summed E-state index contributed by atoms with van der Waals surface area (Å²) >= 11 is 0. The number of carbonyl (C=O) groups excluding carboxylic acids is 1. The van der Waals surface area contributed by atoms with Crippen molar-refractivity contribution in [1.29, 1.82) is 0 Å². The van der Waals surface area contributed by atoms with Gasteiger partial charge in [-0.2, -0.15) is 13.2 Å². The molecule has 1 heterocycles. The number of nitrogens with one attached hydrogen (secondary N) is 1. The van der Waals surface area contributed by atoms with Crippen molar-refractivity contribution >= 4 is 6.09 Å². The monoisotopic (exact) mass is 268 g/mol. The van der Waals surface area contributed by atoms with Crippen LogP contribution in [0.5, 0.6) is 0 Å². The van der Waals surface area contributed by atoms with E-state index in [-0.39, 0.29) is 0 Å². The maximum Gasteiger partial charge on any atom is 0.422 e. The van der Waals surface area contributed by atoms with Crippen LogP contribution in [0.1, 0.15) is 25.7 Å². The van der Waals surface area contributed by atoms with Crippen molar-refractivity contribution in [2.45, 2.75) is 31.9 Å². The summed E-state index contributed by atoms with van der Waals surface area (Å²) in [5.41, 5.74) is 0. The number of halogens is 3. The molecule has 0 aromatic rings. The van der Waals surface area contributed by atoms with Crippen molar-refractivity contribution in [2.24, 2.45) is 0 Å². The molecular weight excluding hydrogens is 249 g/mol. The van der Waals surface area contributed by atoms with Crippen LogP contribution in [0, 0.1) is 0 Å². The van der Waals surface area contributed by atoms with Gasteiger partial charge in [-0.05, 0) is 25.9 Å². The standard InChI is InChI=1S/C11H19F3N2O2/c12-11(13,14)9-18-10(17)15-5-8-16-6-3-1-2-4-7-16/h1-9H2,(H,15,17). The summed E-state index contributed by atoms with van der Waals surface area (Å²) in [6.07, 6.45) is -0.768. The van der Waals surface area contributed by atoms with E-state index < -0.39 is 18.9 Å². The second-order valence-electron chi connectivity index (χ2n) is 4.37. The van der Waals surface area contributed by atoms with E-state index in [2.05, 4.69) is 15.0 Å². The number of alkyl halides is 3. The van der Waals surface area contributed by atoms with Crippen molar-refractivity contribution in [2.75, 3.05) is 32.8 Å². The number of ether oxygens (including phenoxy) is 1. The highest BCUT2D eigenvalue weighted by Gasteiger charge is 2.29. The molecule has 0 atom stereocenters. The van der Waals surface area contributed by atoms with Gasteiger partial charge < -0.3 is 15.0 Å². The van der Waals surface area contributed by atoms with Gasteiger partial charge in [0.1, 0.15) is 0 Å². The number of carbonyl (C=O) groups is 1. The summed E-state index contributed by atoms with van der Waals surface area (Å²) in [7, 11) is 0. The van der Waals surface area contributed by atoms with E-state index in [0.717, 1.165) is 25.9 Å². The van der Waals surface area contributed by atoms with Crippen molar-refractivity contribution in [3.8, 4) is 0 Å². The Kier molecular flexibility index (Phi) is 6.24. The quantitative estimate of drug-likeness (QED) is 0.849. The first-order valence-corrected chi connectivity index (χ1v) is 6.17. The van der Waals surface area contributed by atoms with Gasteiger partial charge in [-0.15, -0.1) is 0 Å². The van der Waals surface area contributed by atoms with Crippen LogP contribution in [0.25, 0.3) is 0 Å². The molecule has 1 fully saturated rings. The summed E-state index contributed by atoms with van der Waals surface area (Å²) in [5, 5.41) is 2.32. The molecule has 1 amide bonds. The van der Waals surface area contributed by atoms with Gasteiger partial charge >= 0.3 is 12.3 Å². The largest absolute Gasteiger partial charge is 0.440 e. The van der Waals surface area contributed by atoms with Gasteiger partial charge in [-0.1, -0.05) is 12.8 Å². The molecule has 0 bridgehead atoms. The fourth-order valence-electron chi connectivity index (χ4n) is 1.87. The Morgan fingerprint density at radius 3 is 2.33 bits per heavy atom. The average molecular weight is 268 g/mol. The molecule has 106 valence electrons. The molecule has 1 rings (SSSR count). The Balaban J connectivity index is 2.07. The summed E-state index contributed by atoms with van der Waals surface area (Å²) in [5.74, 6) is 0. The predicted octanol–water partition coefficient (Wildman–Crippen LogP) is 2.15. The summed E-state index contributed by atoms with van der Waals surface area (Å²) in [4.78, 5) is 13.2. The van der Waals surface area contributed by atoms with E-state index in [9.17, 15) is 18.0 Å². The Bertz CT molecular complexity index is 251. The molecule has 1 saturated heterocycles. The van der Waals surface area contributed by atoms with E-state index in [0.29, 0.717) is 13.1 Å². The first-order chi connectivity index (χ1) is 8.47. The molecule has 1 aliphatic heterocycles. The average Bonchev–Trinajstić information content (AvgIpc) is 2.54. The van der Waals surface area contributed by atoms with Crippen LogP contribution in [-0.4, -0.2) is 50.0 Å². The highest BCUT2D eigenvalue weighted by atomic mass is 19.4. The zero-order chi connectivity index (χ0) is 13.4. The zero-order valence-electron chi connectivity index (χ0n) is 10.3. The van der Waals surface area contributed by atoms with Crippen LogP contribution in [-0.2, 0) is 4.74 Å². The second-order valence-corrected chi connectivity index (χ2v) is 4.37. The minimum Gasteiger partial charge on any atom is -0.440 e. The summed E-state index contributed by atoms with van der Waals surface area (Å²) in [6.45, 7) is 1.40. The smallest absolute Gasteiger partial charge is 0.422 e. The number of nitrogens with zero attached hydrogens (tertiary/aromatic N) is 1. The fourth-order valence-corrected chi connectivity index (χ4v) is 1.87. The number of amides is 1. The summed E-state index contributed by atoms with van der Waals surface area (Å²) < 4.78 is 39.3. The molecule has 0 saturated carbocycles. The van der Waals surface area contributed by atoms with Gasteiger partial charge in [0.05, 0.1) is 0 Å². The van der Waals surface area contributed by atoms with Gasteiger partial charge in [-0.3, -0.25) is 0 Å². The van der Waals surface area contributed by atoms with Crippen molar-refractivity contribution in [1.82, 2.24) is 10.2 Å². The number of hydrogen-bond donors (Lipinski definition) is 1. The highest BCUT2D eigenvalue weighted by Crippen LogP contribution is 2.14. The lowest BCUT2D eigenvalue weighted by molar-refractivity contribution is -0.160. The Hall–Kier alpha value is -0.980. The van der Waals surface area contributed by atoms with Crippen molar-refractivity contribution in [3.05, 3.63) is 0 Å². The first-order valence-electron chi connectivity index (χ1n) is 6.17. The number of hydrogen-bond acceptors (Lipinski definition) is 3. The van der Waals surface area contributed by atoms with Gasteiger partial charge in [0.2, 0.25) is 0 Å². The maximum absolute atomic E-state index is 11.8. The third-order valence-corrected chi connectivity index (χ3v) is 2.76. The molecule has 0 aliphatic carbocycles. The lowest BCUT2D eigenvalue weighted by Gasteiger charge is -2.19. The van der Waals surface area contributed by atoms with E-state index in [4.69, 9.17) is 0 Å². The molecule has 0 spiro atoms. The van der Waals surface area contributed by atoms with Gasteiger partial charge in [0.25, 0.3) is 0 Å². The molecule has 1 N–H and O–H groups in total. The molecule has 18 heavy (non-hydrogen) atoms. The molecule has 0 aromatic carbocycles. The predicted molar refractivity (Wildman–Crippen MR) is 60.3 cm³/mol. The van der Waals surface area contributed by atoms with E-state index in [1.807, 2.05) is 0 Å². The van der Waals surface area contributed by atoms with Crippen LogP contribution >= 0.6 is 0 Å². The SMILES string of the molecule is O=C(NCCN1CCCCCC1)OCC(F)(F)F. The topological polar surface area (TPSA) is 41.6 Å². The number of alkyl carbamates (subject to hydrolysis) is 1. The van der Waals surface area contributed by atoms with Gasteiger partial charge in [0.15, 0.2) is 6.61 Å². The van der Waals surface area contributed by atoms with Crippen LogP contribution in [0.3, 0.4) is 0 Å². The van der Waals surface area contributed by atoms with Gasteiger partial charge in [0, 0.05) is 13.1 Å². The fraction of sp³-hybridized carbons (Fsp3) is 0.909. The molecule has 0 radical (unpaired) electrons. The Morgan fingerprint density at radius 2 is 1.78 bits per heavy atom. The molecular formula is C11H19F3N2O2. The highest BCUT2D eigenvalue weighted by molar-refractivity contribution is 5.67. The Morgan fingerprint density at radius 1 is 1.17 bits per heavy atom. The molecule has 0 aromatic heterocycles. The maximum atomic E-state index is 11.8. The van der Waals surface area contributed by atoms with E-state index >= 15 is 0 Å². The third-order valence-electron chi connectivity index (χ3n) is 2.76. The molecule has 4 nitrogen and oxygen atoms in total. The van der Waals surface area contributed by atoms with Crippen LogP contribution in [0.15, 0.2) is 0 Å².